The van der Waals surface area contributed by atoms with E-state index >= 15 is 0 Å². The fraction of sp³-hybridized carbons (Fsp3) is 0.200. The van der Waals surface area contributed by atoms with Gasteiger partial charge in [-0.3, -0.25) is 9.59 Å². The Morgan fingerprint density at radius 2 is 1.93 bits per heavy atom. The number of ether oxygens (including phenoxy) is 1. The van der Waals surface area contributed by atoms with Crippen molar-refractivity contribution in [1.82, 2.24) is 14.8 Å². The number of nitrogens with zero attached hydrogens (tertiary/aromatic N) is 3. The molecule has 3 aromatic rings. The third-order valence-electron chi connectivity index (χ3n) is 4.22. The number of aryl methyl sites for hydroxylation is 1. The molecular formula is C20H17F3N4O3. The van der Waals surface area contributed by atoms with Crippen LogP contribution in [-0.4, -0.2) is 33.2 Å². The van der Waals surface area contributed by atoms with Gasteiger partial charge in [-0.15, -0.1) is 0 Å². The molecule has 0 fully saturated rings. The highest BCUT2D eigenvalue weighted by Gasteiger charge is 2.31. The molecule has 30 heavy (non-hydrogen) atoms. The van der Waals surface area contributed by atoms with Crippen molar-refractivity contribution in [1.29, 1.82) is 0 Å². The smallest absolute Gasteiger partial charge is 0.416 e. The van der Waals surface area contributed by atoms with Crippen molar-refractivity contribution in [2.75, 3.05) is 11.9 Å². The molecule has 0 spiro atoms. The van der Waals surface area contributed by atoms with Gasteiger partial charge in [0.15, 0.2) is 6.61 Å². The topological polar surface area (TPSA) is 86.1 Å². The number of halogens is 3. The van der Waals surface area contributed by atoms with Gasteiger partial charge in [0, 0.05) is 0 Å². The van der Waals surface area contributed by atoms with E-state index in [0.29, 0.717) is 0 Å². The van der Waals surface area contributed by atoms with Crippen LogP contribution in [-0.2, 0) is 26.9 Å². The van der Waals surface area contributed by atoms with E-state index in [4.69, 9.17) is 4.74 Å². The molecule has 0 aliphatic rings. The van der Waals surface area contributed by atoms with Crippen LogP contribution in [0.3, 0.4) is 0 Å². The molecule has 1 amide bonds. The first-order valence-corrected chi connectivity index (χ1v) is 8.80. The molecule has 0 aliphatic heterocycles. The van der Waals surface area contributed by atoms with Gasteiger partial charge in [-0.2, -0.15) is 18.3 Å². The Morgan fingerprint density at radius 1 is 1.17 bits per heavy atom. The fourth-order valence-corrected chi connectivity index (χ4v) is 2.69. The number of rotatable bonds is 6. The summed E-state index contributed by atoms with van der Waals surface area (Å²) in [7, 11) is 0. The zero-order chi connectivity index (χ0) is 21.7. The van der Waals surface area contributed by atoms with Gasteiger partial charge in [0.05, 0.1) is 23.4 Å². The maximum absolute atomic E-state index is 13.1. The number of alkyl halides is 3. The minimum atomic E-state index is -4.60. The van der Waals surface area contributed by atoms with Gasteiger partial charge in [0.25, 0.3) is 5.91 Å². The summed E-state index contributed by atoms with van der Waals surface area (Å²) in [6, 6.07) is 10.0. The van der Waals surface area contributed by atoms with Crippen LogP contribution >= 0.6 is 0 Å². The van der Waals surface area contributed by atoms with Gasteiger partial charge < -0.3 is 10.1 Å². The molecule has 0 atom stereocenters. The van der Waals surface area contributed by atoms with E-state index in [1.165, 1.54) is 17.3 Å². The van der Waals surface area contributed by atoms with E-state index in [1.807, 2.05) is 19.1 Å². The van der Waals surface area contributed by atoms with Crippen LogP contribution in [0.25, 0.3) is 5.69 Å². The lowest BCUT2D eigenvalue weighted by Gasteiger charge is -2.14. The summed E-state index contributed by atoms with van der Waals surface area (Å²) in [6.07, 6.45) is -2.13. The number of esters is 1. The van der Waals surface area contributed by atoms with Crippen LogP contribution in [0.5, 0.6) is 0 Å². The van der Waals surface area contributed by atoms with Crippen LogP contribution in [0.15, 0.2) is 55.1 Å². The minimum absolute atomic E-state index is 0.0201. The van der Waals surface area contributed by atoms with Crippen LogP contribution in [0.2, 0.25) is 0 Å². The predicted octanol–water partition coefficient (Wildman–Crippen LogP) is 3.32. The molecule has 10 heteroatoms. The second-order valence-electron chi connectivity index (χ2n) is 6.38. The summed E-state index contributed by atoms with van der Waals surface area (Å²) >= 11 is 0. The first kappa shape index (κ1) is 21.0. The van der Waals surface area contributed by atoms with Crippen LogP contribution in [0, 0.1) is 6.92 Å². The lowest BCUT2D eigenvalue weighted by molar-refractivity contribution is -0.146. The van der Waals surface area contributed by atoms with Crippen LogP contribution < -0.4 is 5.32 Å². The number of hydrogen-bond donors (Lipinski definition) is 1. The fourth-order valence-electron chi connectivity index (χ4n) is 2.69. The number of nitrogens with one attached hydrogen (secondary N) is 1. The molecule has 0 radical (unpaired) electrons. The number of hydrogen-bond acceptors (Lipinski definition) is 5. The third-order valence-corrected chi connectivity index (χ3v) is 4.22. The Morgan fingerprint density at radius 3 is 2.60 bits per heavy atom. The molecular weight excluding hydrogens is 401 g/mol. The second kappa shape index (κ2) is 8.76. The summed E-state index contributed by atoms with van der Waals surface area (Å²) in [6.45, 7) is 1.20. The second-order valence-corrected chi connectivity index (χ2v) is 6.38. The summed E-state index contributed by atoms with van der Waals surface area (Å²) < 4.78 is 45.3. The lowest BCUT2D eigenvalue weighted by Crippen LogP contribution is -2.23. The molecule has 156 valence electrons. The van der Waals surface area contributed by atoms with Crippen molar-refractivity contribution in [2.24, 2.45) is 0 Å². The van der Waals surface area contributed by atoms with Gasteiger partial charge in [-0.05, 0) is 36.2 Å². The zero-order valence-corrected chi connectivity index (χ0v) is 15.8. The van der Waals surface area contributed by atoms with Gasteiger partial charge in [0.1, 0.15) is 12.7 Å². The van der Waals surface area contributed by atoms with Crippen molar-refractivity contribution in [3.8, 4) is 5.69 Å². The average Bonchev–Trinajstić information content (AvgIpc) is 3.22. The Kier molecular flexibility index (Phi) is 6.14. The number of amides is 1. The van der Waals surface area contributed by atoms with Crippen molar-refractivity contribution in [3.63, 3.8) is 0 Å². The molecule has 1 aromatic heterocycles. The van der Waals surface area contributed by atoms with E-state index in [1.54, 1.807) is 12.1 Å². The maximum atomic E-state index is 13.1. The highest BCUT2D eigenvalue weighted by atomic mass is 19.4. The molecule has 1 N–H and O–H groups in total. The summed E-state index contributed by atoms with van der Waals surface area (Å²) in [5, 5.41) is 6.20. The van der Waals surface area contributed by atoms with E-state index in [2.05, 4.69) is 15.4 Å². The number of carbonyl (C=O) groups excluding carboxylic acids is 2. The maximum Gasteiger partial charge on any atom is 0.416 e. The SMILES string of the molecule is Cc1ccccc1CC(=O)OCC(=O)Nc1cc(C(F)(F)F)ccc1-n1cncn1. The predicted molar refractivity (Wildman–Crippen MR) is 101 cm³/mol. The average molecular weight is 418 g/mol. The summed E-state index contributed by atoms with van der Waals surface area (Å²) in [5.41, 5.74) is 0.753. The standard InChI is InChI=1S/C20H17F3N4O3/c1-13-4-2-3-5-14(13)8-19(29)30-10-18(28)26-16-9-15(20(21,22)23)6-7-17(16)27-12-24-11-25-27/h2-7,9,11-12H,8,10H2,1H3,(H,26,28). The first-order chi connectivity index (χ1) is 14.2. The van der Waals surface area contributed by atoms with Gasteiger partial charge in [-0.25, -0.2) is 9.67 Å². The van der Waals surface area contributed by atoms with Crippen LogP contribution in [0.1, 0.15) is 16.7 Å². The summed E-state index contributed by atoms with van der Waals surface area (Å²) in [4.78, 5) is 27.9. The molecule has 7 nitrogen and oxygen atoms in total. The first-order valence-electron chi connectivity index (χ1n) is 8.80. The molecule has 2 aromatic carbocycles. The van der Waals surface area contributed by atoms with Gasteiger partial charge >= 0.3 is 12.1 Å². The Labute approximate surface area is 169 Å². The third kappa shape index (κ3) is 5.22. The van der Waals surface area contributed by atoms with Gasteiger partial charge in [0.2, 0.25) is 0 Å². The zero-order valence-electron chi connectivity index (χ0n) is 15.8. The Balaban J connectivity index is 1.69. The molecule has 3 rings (SSSR count). The Bertz CT molecular complexity index is 1050. The van der Waals surface area contributed by atoms with E-state index in [0.717, 1.165) is 29.3 Å². The van der Waals surface area contributed by atoms with Crippen molar-refractivity contribution < 1.29 is 27.5 Å². The van der Waals surface area contributed by atoms with Crippen molar-refractivity contribution >= 4 is 17.6 Å². The van der Waals surface area contributed by atoms with Crippen LogP contribution in [0.4, 0.5) is 18.9 Å². The highest BCUT2D eigenvalue weighted by Crippen LogP contribution is 2.33. The normalized spacial score (nSPS) is 11.2. The number of anilines is 1. The molecule has 0 unspecified atom stereocenters. The molecule has 0 aliphatic carbocycles. The summed E-state index contributed by atoms with van der Waals surface area (Å²) in [5.74, 6) is -1.41. The Hall–Kier alpha value is -3.69. The molecule has 0 bridgehead atoms. The molecule has 1 heterocycles. The van der Waals surface area contributed by atoms with Crippen molar-refractivity contribution in [2.45, 2.75) is 19.5 Å². The largest absolute Gasteiger partial charge is 0.455 e. The van der Waals surface area contributed by atoms with Gasteiger partial charge in [-0.1, -0.05) is 24.3 Å². The van der Waals surface area contributed by atoms with Crippen molar-refractivity contribution in [3.05, 3.63) is 71.8 Å². The highest BCUT2D eigenvalue weighted by molar-refractivity contribution is 5.94. The minimum Gasteiger partial charge on any atom is -0.455 e. The number of carbonyl (C=O) groups is 2. The number of aromatic nitrogens is 3. The molecule has 0 saturated heterocycles. The quantitative estimate of drug-likeness (QED) is 0.621. The van der Waals surface area contributed by atoms with E-state index in [-0.39, 0.29) is 17.8 Å². The van der Waals surface area contributed by atoms with E-state index < -0.39 is 30.2 Å². The lowest BCUT2D eigenvalue weighted by atomic mass is 10.1. The molecule has 0 saturated carbocycles. The monoisotopic (exact) mass is 418 g/mol. The van der Waals surface area contributed by atoms with E-state index in [9.17, 15) is 22.8 Å². The number of benzene rings is 2.